The van der Waals surface area contributed by atoms with E-state index in [0.29, 0.717) is 5.92 Å². The quantitative estimate of drug-likeness (QED) is 0.628. The van der Waals surface area contributed by atoms with E-state index < -0.39 is 0 Å². The van der Waals surface area contributed by atoms with Crippen molar-refractivity contribution in [2.24, 2.45) is 13.0 Å². The molecule has 4 rings (SSSR count). The SMILES string of the molecule is CC1C=C(c2ccc3c4cnccc4n(C)c3c2)C=CC1. The molecule has 2 heteroatoms. The van der Waals surface area contributed by atoms with E-state index >= 15 is 0 Å². The van der Waals surface area contributed by atoms with Gasteiger partial charge in [-0.1, -0.05) is 37.3 Å². The van der Waals surface area contributed by atoms with Gasteiger partial charge in [0.15, 0.2) is 0 Å². The van der Waals surface area contributed by atoms with Gasteiger partial charge in [-0.3, -0.25) is 4.98 Å². The monoisotopic (exact) mass is 274 g/mol. The first kappa shape index (κ1) is 12.4. The molecule has 1 unspecified atom stereocenters. The Morgan fingerprint density at radius 1 is 1.14 bits per heavy atom. The van der Waals surface area contributed by atoms with Crippen LogP contribution in [0.4, 0.5) is 0 Å². The molecule has 104 valence electrons. The summed E-state index contributed by atoms with van der Waals surface area (Å²) < 4.78 is 2.26. The number of aromatic nitrogens is 2. The fourth-order valence-electron chi connectivity index (χ4n) is 3.27. The molecule has 0 N–H and O–H groups in total. The second-order valence-corrected chi connectivity index (χ2v) is 5.92. The highest BCUT2D eigenvalue weighted by molar-refractivity contribution is 6.08. The minimum absolute atomic E-state index is 0.623. The topological polar surface area (TPSA) is 17.8 Å². The molecule has 3 aromatic rings. The summed E-state index contributed by atoms with van der Waals surface area (Å²) in [6, 6.07) is 8.83. The number of fused-ring (bicyclic) bond motifs is 3. The number of nitrogens with zero attached hydrogens (tertiary/aromatic N) is 2. The number of rotatable bonds is 1. The molecule has 2 heterocycles. The second-order valence-electron chi connectivity index (χ2n) is 5.92. The van der Waals surface area contributed by atoms with E-state index in [2.05, 4.69) is 66.0 Å². The van der Waals surface area contributed by atoms with Crippen LogP contribution in [0.15, 0.2) is 54.9 Å². The maximum atomic E-state index is 4.26. The van der Waals surface area contributed by atoms with Gasteiger partial charge >= 0.3 is 0 Å². The first-order chi connectivity index (χ1) is 10.2. The minimum atomic E-state index is 0.623. The van der Waals surface area contributed by atoms with Crippen LogP contribution >= 0.6 is 0 Å². The molecular formula is C19H18N2. The standard InChI is InChI=1S/C19H18N2/c1-13-4-3-5-14(10-13)15-6-7-16-17-12-20-9-8-18(17)21(2)19(16)11-15/h3,5-13H,4H2,1-2H3. The molecule has 1 aromatic carbocycles. The molecule has 0 spiro atoms. The average Bonchev–Trinajstić information content (AvgIpc) is 2.81. The summed E-state index contributed by atoms with van der Waals surface area (Å²) in [5, 5.41) is 2.50. The third-order valence-corrected chi connectivity index (χ3v) is 4.41. The van der Waals surface area contributed by atoms with Crippen LogP contribution in [0.2, 0.25) is 0 Å². The molecular weight excluding hydrogens is 256 g/mol. The molecule has 1 aliphatic carbocycles. The van der Waals surface area contributed by atoms with Crippen molar-refractivity contribution in [3.05, 3.63) is 60.5 Å². The molecule has 0 saturated heterocycles. The van der Waals surface area contributed by atoms with Crippen molar-refractivity contribution in [2.45, 2.75) is 13.3 Å². The van der Waals surface area contributed by atoms with Crippen LogP contribution in [-0.2, 0) is 7.05 Å². The molecule has 1 atom stereocenters. The minimum Gasteiger partial charge on any atom is -0.343 e. The van der Waals surface area contributed by atoms with Gasteiger partial charge in [-0.25, -0.2) is 0 Å². The Hall–Kier alpha value is -2.35. The van der Waals surface area contributed by atoms with Gasteiger partial charge in [0.1, 0.15) is 0 Å². The first-order valence-electron chi connectivity index (χ1n) is 7.45. The molecule has 0 aliphatic heterocycles. The smallest absolute Gasteiger partial charge is 0.0519 e. The summed E-state index contributed by atoms with van der Waals surface area (Å²) in [5.41, 5.74) is 5.13. The molecule has 0 bridgehead atoms. The third-order valence-electron chi connectivity index (χ3n) is 4.41. The fraction of sp³-hybridized carbons (Fsp3) is 0.211. The first-order valence-corrected chi connectivity index (χ1v) is 7.45. The van der Waals surface area contributed by atoms with Gasteiger partial charge < -0.3 is 4.57 Å². The lowest BCUT2D eigenvalue weighted by atomic mass is 9.93. The zero-order chi connectivity index (χ0) is 14.4. The predicted octanol–water partition coefficient (Wildman–Crippen LogP) is 4.71. The predicted molar refractivity (Wildman–Crippen MR) is 89.1 cm³/mol. The van der Waals surface area contributed by atoms with Crippen LogP contribution < -0.4 is 0 Å². The van der Waals surface area contributed by atoms with E-state index in [4.69, 9.17) is 0 Å². The zero-order valence-corrected chi connectivity index (χ0v) is 12.4. The Kier molecular flexibility index (Phi) is 2.71. The summed E-state index contributed by atoms with van der Waals surface area (Å²) in [5.74, 6) is 0.623. The second kappa shape index (κ2) is 4.59. The largest absolute Gasteiger partial charge is 0.343 e. The number of pyridine rings is 1. The van der Waals surface area contributed by atoms with E-state index in [0.717, 1.165) is 6.42 Å². The van der Waals surface area contributed by atoms with Crippen molar-refractivity contribution >= 4 is 27.4 Å². The Labute approximate surface area is 124 Å². The number of hydrogen-bond acceptors (Lipinski definition) is 1. The van der Waals surface area contributed by atoms with E-state index in [1.54, 1.807) is 0 Å². The van der Waals surface area contributed by atoms with Crippen molar-refractivity contribution in [3.63, 3.8) is 0 Å². The highest BCUT2D eigenvalue weighted by atomic mass is 14.9. The van der Waals surface area contributed by atoms with Crippen molar-refractivity contribution < 1.29 is 0 Å². The fourth-order valence-corrected chi connectivity index (χ4v) is 3.27. The van der Waals surface area contributed by atoms with Crippen LogP contribution in [0, 0.1) is 5.92 Å². The zero-order valence-electron chi connectivity index (χ0n) is 12.4. The Bertz CT molecular complexity index is 896. The van der Waals surface area contributed by atoms with Gasteiger partial charge in [0.2, 0.25) is 0 Å². The highest BCUT2D eigenvalue weighted by Gasteiger charge is 2.11. The summed E-state index contributed by atoms with van der Waals surface area (Å²) in [7, 11) is 2.13. The van der Waals surface area contributed by atoms with Gasteiger partial charge in [0, 0.05) is 35.7 Å². The van der Waals surface area contributed by atoms with Gasteiger partial charge in [0.25, 0.3) is 0 Å². The summed E-state index contributed by atoms with van der Waals surface area (Å²) in [6.45, 7) is 2.27. The van der Waals surface area contributed by atoms with Gasteiger partial charge in [-0.05, 0) is 35.6 Å². The number of benzene rings is 1. The van der Waals surface area contributed by atoms with Crippen molar-refractivity contribution in [1.29, 1.82) is 0 Å². The van der Waals surface area contributed by atoms with E-state index in [-0.39, 0.29) is 0 Å². The molecule has 2 aromatic heterocycles. The molecule has 0 saturated carbocycles. The lowest BCUT2D eigenvalue weighted by Crippen LogP contribution is -1.95. The van der Waals surface area contributed by atoms with Gasteiger partial charge in [-0.2, -0.15) is 0 Å². The third kappa shape index (κ3) is 1.90. The maximum Gasteiger partial charge on any atom is 0.0519 e. The van der Waals surface area contributed by atoms with Crippen LogP contribution in [0.1, 0.15) is 18.9 Å². The number of hydrogen-bond donors (Lipinski definition) is 0. The maximum absolute atomic E-state index is 4.26. The molecule has 2 nitrogen and oxygen atoms in total. The van der Waals surface area contributed by atoms with E-state index in [9.17, 15) is 0 Å². The average molecular weight is 274 g/mol. The lowest BCUT2D eigenvalue weighted by molar-refractivity contribution is 0.740. The van der Waals surface area contributed by atoms with Crippen LogP contribution in [0.3, 0.4) is 0 Å². The summed E-state index contributed by atoms with van der Waals surface area (Å²) in [6.07, 6.45) is 11.8. The Morgan fingerprint density at radius 3 is 2.90 bits per heavy atom. The van der Waals surface area contributed by atoms with Gasteiger partial charge in [-0.15, -0.1) is 0 Å². The number of allylic oxidation sites excluding steroid dienone is 4. The summed E-state index contributed by atoms with van der Waals surface area (Å²) in [4.78, 5) is 4.26. The van der Waals surface area contributed by atoms with Crippen molar-refractivity contribution in [1.82, 2.24) is 9.55 Å². The van der Waals surface area contributed by atoms with Crippen LogP contribution in [0.5, 0.6) is 0 Å². The molecule has 0 fully saturated rings. The number of aryl methyl sites for hydroxylation is 1. The molecule has 0 amide bonds. The van der Waals surface area contributed by atoms with E-state index in [1.807, 2.05) is 12.4 Å². The van der Waals surface area contributed by atoms with Crippen LogP contribution in [0.25, 0.3) is 27.4 Å². The molecule has 1 aliphatic rings. The van der Waals surface area contributed by atoms with Gasteiger partial charge in [0.05, 0.1) is 5.52 Å². The Balaban J connectivity index is 1.96. The molecule has 21 heavy (non-hydrogen) atoms. The molecule has 0 radical (unpaired) electrons. The summed E-state index contributed by atoms with van der Waals surface area (Å²) >= 11 is 0. The normalized spacial score (nSPS) is 18.4. The highest BCUT2D eigenvalue weighted by Crippen LogP contribution is 2.31. The van der Waals surface area contributed by atoms with Crippen molar-refractivity contribution in [3.8, 4) is 0 Å². The Morgan fingerprint density at radius 2 is 2.05 bits per heavy atom. The lowest BCUT2D eigenvalue weighted by Gasteiger charge is -2.12. The van der Waals surface area contributed by atoms with Crippen molar-refractivity contribution in [2.75, 3.05) is 0 Å². The van der Waals surface area contributed by atoms with E-state index in [1.165, 1.54) is 32.9 Å². The van der Waals surface area contributed by atoms with Crippen LogP contribution in [-0.4, -0.2) is 9.55 Å².